The van der Waals surface area contributed by atoms with E-state index in [2.05, 4.69) is 34.4 Å². The molecule has 2 N–H and O–H groups in total. The second-order valence-electron chi connectivity index (χ2n) is 7.41. The summed E-state index contributed by atoms with van der Waals surface area (Å²) in [5.41, 5.74) is 3.41. The maximum Gasteiger partial charge on any atom is 0.340 e. The molecule has 2 rings (SSSR count). The number of nitrogens with zero attached hydrogens (tertiary/aromatic N) is 1. The van der Waals surface area contributed by atoms with Crippen molar-refractivity contribution in [2.45, 2.75) is 46.8 Å². The molecule has 2 aromatic rings. The maximum absolute atomic E-state index is 12.5. The van der Waals surface area contributed by atoms with E-state index in [0.29, 0.717) is 29.1 Å². The average molecular weight is 386 g/mol. The summed E-state index contributed by atoms with van der Waals surface area (Å²) in [4.78, 5) is 30.0. The molecule has 0 aliphatic rings. The van der Waals surface area contributed by atoms with Crippen LogP contribution < -0.4 is 5.32 Å². The van der Waals surface area contributed by atoms with Gasteiger partial charge in [-0.05, 0) is 58.8 Å². The highest BCUT2D eigenvalue weighted by atomic mass is 16.5. The maximum atomic E-state index is 12.5. The van der Waals surface area contributed by atoms with E-state index in [4.69, 9.17) is 4.74 Å². The Morgan fingerprint density at radius 2 is 1.86 bits per heavy atom. The molecule has 1 aromatic heterocycles. The van der Waals surface area contributed by atoms with E-state index in [1.54, 1.807) is 27.7 Å². The Labute approximate surface area is 167 Å². The number of hydrogen-bond donors (Lipinski definition) is 2. The zero-order valence-electron chi connectivity index (χ0n) is 17.5. The second kappa shape index (κ2) is 10.1. The van der Waals surface area contributed by atoms with Crippen LogP contribution in [0, 0.1) is 13.8 Å². The Hall–Kier alpha value is -2.60. The summed E-state index contributed by atoms with van der Waals surface area (Å²) in [6.45, 7) is 9.48. The zero-order chi connectivity index (χ0) is 20.7. The zero-order valence-corrected chi connectivity index (χ0v) is 17.5. The molecule has 0 atom stereocenters. The number of aromatic amines is 1. The van der Waals surface area contributed by atoms with Crippen molar-refractivity contribution < 1.29 is 14.3 Å². The van der Waals surface area contributed by atoms with Crippen molar-refractivity contribution in [2.24, 2.45) is 0 Å². The van der Waals surface area contributed by atoms with Gasteiger partial charge in [0.15, 0.2) is 0 Å². The van der Waals surface area contributed by atoms with Crippen molar-refractivity contribution in [3.63, 3.8) is 0 Å². The monoisotopic (exact) mass is 385 g/mol. The van der Waals surface area contributed by atoms with Gasteiger partial charge in [0.1, 0.15) is 5.69 Å². The van der Waals surface area contributed by atoms with Crippen LogP contribution in [0.25, 0.3) is 0 Å². The molecule has 0 unspecified atom stereocenters. The smallest absolute Gasteiger partial charge is 0.340 e. The number of hydrogen-bond acceptors (Lipinski definition) is 4. The number of nitrogens with one attached hydrogen (secondary N) is 2. The van der Waals surface area contributed by atoms with Crippen molar-refractivity contribution in [1.29, 1.82) is 0 Å². The number of rotatable bonds is 9. The number of esters is 1. The van der Waals surface area contributed by atoms with Gasteiger partial charge in [-0.1, -0.05) is 30.3 Å². The predicted molar refractivity (Wildman–Crippen MR) is 111 cm³/mol. The third kappa shape index (κ3) is 5.96. The summed E-state index contributed by atoms with van der Waals surface area (Å²) >= 11 is 0. The molecule has 28 heavy (non-hydrogen) atoms. The fourth-order valence-corrected chi connectivity index (χ4v) is 3.17. The summed E-state index contributed by atoms with van der Waals surface area (Å²) in [5.74, 6) is -0.599. The lowest BCUT2D eigenvalue weighted by Crippen LogP contribution is -2.28. The first-order valence-corrected chi connectivity index (χ1v) is 9.70. The van der Waals surface area contributed by atoms with E-state index in [1.165, 1.54) is 5.56 Å². The van der Waals surface area contributed by atoms with E-state index in [9.17, 15) is 9.59 Å². The van der Waals surface area contributed by atoms with Gasteiger partial charge < -0.3 is 19.9 Å². The lowest BCUT2D eigenvalue weighted by molar-refractivity contribution is 0.0376. The number of aromatic nitrogens is 1. The fraction of sp³-hybridized carbons (Fsp3) is 0.455. The van der Waals surface area contributed by atoms with Crippen LogP contribution in [0.5, 0.6) is 0 Å². The van der Waals surface area contributed by atoms with Crippen LogP contribution in [-0.4, -0.2) is 48.0 Å². The lowest BCUT2D eigenvalue weighted by atomic mass is 10.1. The van der Waals surface area contributed by atoms with Crippen molar-refractivity contribution >= 4 is 11.9 Å². The van der Waals surface area contributed by atoms with Crippen molar-refractivity contribution in [3.05, 3.63) is 58.4 Å². The van der Waals surface area contributed by atoms with Gasteiger partial charge in [0, 0.05) is 18.8 Å². The third-order valence-corrected chi connectivity index (χ3v) is 4.51. The molecule has 1 aromatic carbocycles. The Kier molecular flexibility index (Phi) is 7.81. The molecule has 152 valence electrons. The van der Waals surface area contributed by atoms with Gasteiger partial charge in [0.25, 0.3) is 5.91 Å². The Balaban J connectivity index is 1.84. The largest absolute Gasteiger partial charge is 0.459 e. The minimum absolute atomic E-state index is 0.199. The minimum atomic E-state index is -0.400. The standard InChI is InChI=1S/C22H31N3O3/c1-15(2)28-22(27)19-16(3)20(24-17(19)4)21(26)23-12-9-13-25(5)14-18-10-7-6-8-11-18/h6-8,10-11,15,24H,9,12-14H2,1-5H3,(H,23,26). The number of carbonyl (C=O) groups is 2. The van der Waals surface area contributed by atoms with Gasteiger partial charge in [0.2, 0.25) is 0 Å². The van der Waals surface area contributed by atoms with Crippen LogP contribution in [0.4, 0.5) is 0 Å². The van der Waals surface area contributed by atoms with Crippen molar-refractivity contribution in [1.82, 2.24) is 15.2 Å². The van der Waals surface area contributed by atoms with Gasteiger partial charge >= 0.3 is 5.97 Å². The molecule has 0 fully saturated rings. The summed E-state index contributed by atoms with van der Waals surface area (Å²) < 4.78 is 5.27. The highest BCUT2D eigenvalue weighted by molar-refractivity contribution is 6.00. The lowest BCUT2D eigenvalue weighted by Gasteiger charge is -2.16. The highest BCUT2D eigenvalue weighted by Gasteiger charge is 2.23. The van der Waals surface area contributed by atoms with Gasteiger partial charge in [-0.25, -0.2) is 4.79 Å². The first-order chi connectivity index (χ1) is 13.3. The molecule has 0 radical (unpaired) electrons. The average Bonchev–Trinajstić information content (AvgIpc) is 2.93. The highest BCUT2D eigenvalue weighted by Crippen LogP contribution is 2.19. The van der Waals surface area contributed by atoms with Crippen LogP contribution in [-0.2, 0) is 11.3 Å². The quantitative estimate of drug-likeness (QED) is 0.512. The van der Waals surface area contributed by atoms with E-state index in [1.807, 2.05) is 18.2 Å². The molecular weight excluding hydrogens is 354 g/mol. The molecule has 0 bridgehead atoms. The molecule has 1 amide bonds. The van der Waals surface area contributed by atoms with Crippen LogP contribution >= 0.6 is 0 Å². The summed E-state index contributed by atoms with van der Waals surface area (Å²) in [5, 5.41) is 2.93. The van der Waals surface area contributed by atoms with E-state index in [0.717, 1.165) is 19.5 Å². The number of ether oxygens (including phenoxy) is 1. The van der Waals surface area contributed by atoms with E-state index >= 15 is 0 Å². The topological polar surface area (TPSA) is 74.4 Å². The molecule has 1 heterocycles. The van der Waals surface area contributed by atoms with E-state index < -0.39 is 5.97 Å². The first-order valence-electron chi connectivity index (χ1n) is 9.70. The molecule has 6 heteroatoms. The van der Waals surface area contributed by atoms with Crippen molar-refractivity contribution in [3.8, 4) is 0 Å². The van der Waals surface area contributed by atoms with Gasteiger partial charge in [-0.2, -0.15) is 0 Å². The summed E-state index contributed by atoms with van der Waals surface area (Å²) in [6.07, 6.45) is 0.641. The Bertz CT molecular complexity index is 797. The molecule has 0 saturated heterocycles. The second-order valence-corrected chi connectivity index (χ2v) is 7.41. The van der Waals surface area contributed by atoms with Crippen LogP contribution in [0.3, 0.4) is 0 Å². The molecule has 0 aliphatic carbocycles. The SMILES string of the molecule is Cc1[nH]c(C(=O)NCCCN(C)Cc2ccccc2)c(C)c1C(=O)OC(C)C. The third-order valence-electron chi connectivity index (χ3n) is 4.51. The summed E-state index contributed by atoms with van der Waals surface area (Å²) in [7, 11) is 2.07. The Morgan fingerprint density at radius 1 is 1.18 bits per heavy atom. The van der Waals surface area contributed by atoms with Crippen LogP contribution in [0.15, 0.2) is 30.3 Å². The first kappa shape index (κ1) is 21.7. The number of amides is 1. The van der Waals surface area contributed by atoms with Crippen LogP contribution in [0.2, 0.25) is 0 Å². The number of aryl methyl sites for hydroxylation is 1. The number of carbonyl (C=O) groups excluding carboxylic acids is 2. The molecular formula is C22H31N3O3. The summed E-state index contributed by atoms with van der Waals surface area (Å²) in [6, 6.07) is 10.3. The minimum Gasteiger partial charge on any atom is -0.459 e. The van der Waals surface area contributed by atoms with Crippen molar-refractivity contribution in [2.75, 3.05) is 20.1 Å². The van der Waals surface area contributed by atoms with Crippen LogP contribution in [0.1, 0.15) is 57.9 Å². The van der Waals surface area contributed by atoms with Gasteiger partial charge in [-0.15, -0.1) is 0 Å². The fourth-order valence-electron chi connectivity index (χ4n) is 3.17. The normalized spacial score (nSPS) is 11.1. The molecule has 6 nitrogen and oxygen atoms in total. The molecule has 0 saturated carbocycles. The number of benzene rings is 1. The predicted octanol–water partition coefficient (Wildman–Crippen LogP) is 3.45. The molecule has 0 spiro atoms. The van der Waals surface area contributed by atoms with Gasteiger partial charge in [-0.3, -0.25) is 4.79 Å². The van der Waals surface area contributed by atoms with E-state index in [-0.39, 0.29) is 12.0 Å². The Morgan fingerprint density at radius 3 is 2.50 bits per heavy atom. The molecule has 0 aliphatic heterocycles. The number of H-pyrrole nitrogens is 1. The van der Waals surface area contributed by atoms with Gasteiger partial charge in [0.05, 0.1) is 11.7 Å².